The topological polar surface area (TPSA) is 72.2 Å². The molecule has 0 radical (unpaired) electrons. The maximum atomic E-state index is 13.4. The third kappa shape index (κ3) is 2.76. The van der Waals surface area contributed by atoms with Crippen LogP contribution in [-0.4, -0.2) is 11.8 Å². The number of primary amides is 1. The van der Waals surface area contributed by atoms with Crippen molar-refractivity contribution in [2.45, 2.75) is 0 Å². The van der Waals surface area contributed by atoms with Crippen LogP contribution in [0.5, 0.6) is 0 Å². The molecule has 1 aromatic carbocycles. The normalized spacial score (nSPS) is 10.2. The van der Waals surface area contributed by atoms with Gasteiger partial charge in [-0.15, -0.1) is 11.3 Å². The Morgan fingerprint density at radius 2 is 1.95 bits per heavy atom. The summed E-state index contributed by atoms with van der Waals surface area (Å²) >= 11 is 1.05. The molecule has 1 aromatic heterocycles. The Hall–Kier alpha value is -2.28. The van der Waals surface area contributed by atoms with E-state index in [0.717, 1.165) is 29.5 Å². The molecule has 0 aliphatic heterocycles. The number of halogens is 2. The van der Waals surface area contributed by atoms with E-state index in [1.807, 2.05) is 0 Å². The van der Waals surface area contributed by atoms with Crippen LogP contribution in [0.25, 0.3) is 0 Å². The standard InChI is InChI=1S/C12H8F2N2O2S/c13-6-1-2-8(14)7(5-6)12(18)16-9-3-4-19-10(9)11(15)17/h1-5H,(H2,15,17)(H,16,18). The van der Waals surface area contributed by atoms with Gasteiger partial charge in [0.2, 0.25) is 0 Å². The second-order valence-electron chi connectivity index (χ2n) is 3.61. The molecule has 7 heteroatoms. The molecule has 2 rings (SSSR count). The first kappa shape index (κ1) is 13.2. The fourth-order valence-electron chi connectivity index (χ4n) is 1.46. The van der Waals surface area contributed by atoms with E-state index in [0.29, 0.717) is 0 Å². The number of anilines is 1. The first-order valence-corrected chi connectivity index (χ1v) is 6.00. The Bertz CT molecular complexity index is 655. The van der Waals surface area contributed by atoms with Gasteiger partial charge in [-0.3, -0.25) is 9.59 Å². The van der Waals surface area contributed by atoms with E-state index in [-0.39, 0.29) is 10.6 Å². The van der Waals surface area contributed by atoms with E-state index in [9.17, 15) is 18.4 Å². The lowest BCUT2D eigenvalue weighted by atomic mass is 10.2. The van der Waals surface area contributed by atoms with E-state index in [1.165, 1.54) is 6.07 Å². The maximum absolute atomic E-state index is 13.4. The van der Waals surface area contributed by atoms with E-state index >= 15 is 0 Å². The molecule has 0 unspecified atom stereocenters. The molecule has 1 heterocycles. The van der Waals surface area contributed by atoms with Gasteiger partial charge in [0.15, 0.2) is 0 Å². The highest BCUT2D eigenvalue weighted by Gasteiger charge is 2.16. The zero-order valence-electron chi connectivity index (χ0n) is 9.44. The van der Waals surface area contributed by atoms with Gasteiger partial charge in [-0.25, -0.2) is 8.78 Å². The minimum atomic E-state index is -0.852. The maximum Gasteiger partial charge on any atom is 0.260 e. The Kier molecular flexibility index (Phi) is 3.57. The van der Waals surface area contributed by atoms with Crippen LogP contribution in [0.15, 0.2) is 29.6 Å². The molecule has 0 fully saturated rings. The highest BCUT2D eigenvalue weighted by molar-refractivity contribution is 7.12. The lowest BCUT2D eigenvalue weighted by Gasteiger charge is -2.06. The Labute approximate surface area is 110 Å². The summed E-state index contributed by atoms with van der Waals surface area (Å²) in [5, 5.41) is 3.87. The lowest BCUT2D eigenvalue weighted by molar-refractivity contribution is 0.100. The van der Waals surface area contributed by atoms with Crippen LogP contribution in [-0.2, 0) is 0 Å². The fraction of sp³-hybridized carbons (Fsp3) is 0. The second kappa shape index (κ2) is 5.15. The number of hydrogen-bond acceptors (Lipinski definition) is 3. The molecule has 4 nitrogen and oxygen atoms in total. The zero-order chi connectivity index (χ0) is 14.0. The van der Waals surface area contributed by atoms with Crippen molar-refractivity contribution in [2.75, 3.05) is 5.32 Å². The van der Waals surface area contributed by atoms with Crippen LogP contribution in [0.2, 0.25) is 0 Å². The average Bonchev–Trinajstić information content (AvgIpc) is 2.80. The van der Waals surface area contributed by atoms with Crippen molar-refractivity contribution >= 4 is 28.8 Å². The van der Waals surface area contributed by atoms with Gasteiger partial charge in [0.1, 0.15) is 16.5 Å². The van der Waals surface area contributed by atoms with Crippen LogP contribution in [0.3, 0.4) is 0 Å². The van der Waals surface area contributed by atoms with Crippen molar-refractivity contribution in [3.63, 3.8) is 0 Å². The van der Waals surface area contributed by atoms with Gasteiger partial charge >= 0.3 is 0 Å². The molecule has 3 N–H and O–H groups in total. The Balaban J connectivity index is 2.28. The molecule has 19 heavy (non-hydrogen) atoms. The van der Waals surface area contributed by atoms with Crippen molar-refractivity contribution in [1.29, 1.82) is 0 Å². The Morgan fingerprint density at radius 3 is 2.63 bits per heavy atom. The number of hydrogen-bond donors (Lipinski definition) is 2. The zero-order valence-corrected chi connectivity index (χ0v) is 10.3. The number of carbonyl (C=O) groups is 2. The first-order valence-electron chi connectivity index (χ1n) is 5.12. The number of nitrogens with one attached hydrogen (secondary N) is 1. The van der Waals surface area contributed by atoms with Crippen LogP contribution < -0.4 is 11.1 Å². The van der Waals surface area contributed by atoms with Crippen LogP contribution in [0, 0.1) is 11.6 Å². The molecule has 0 aliphatic rings. The monoisotopic (exact) mass is 282 g/mol. The highest BCUT2D eigenvalue weighted by Crippen LogP contribution is 2.22. The van der Waals surface area contributed by atoms with Gasteiger partial charge in [0.05, 0.1) is 11.3 Å². The minimum absolute atomic E-state index is 0.144. The van der Waals surface area contributed by atoms with Gasteiger partial charge in [0.25, 0.3) is 11.8 Å². The number of thiophene rings is 1. The summed E-state index contributed by atoms with van der Waals surface area (Å²) in [6, 6.07) is 4.00. The number of rotatable bonds is 3. The minimum Gasteiger partial charge on any atom is -0.365 e. The van der Waals surface area contributed by atoms with Gasteiger partial charge in [0, 0.05) is 0 Å². The summed E-state index contributed by atoms with van der Waals surface area (Å²) < 4.78 is 26.4. The predicted octanol–water partition coefficient (Wildman–Crippen LogP) is 2.38. The van der Waals surface area contributed by atoms with Gasteiger partial charge < -0.3 is 11.1 Å². The molecule has 0 bridgehead atoms. The van der Waals surface area contributed by atoms with E-state index in [1.54, 1.807) is 5.38 Å². The fourth-order valence-corrected chi connectivity index (χ4v) is 2.16. The molecule has 2 aromatic rings. The van der Waals surface area contributed by atoms with Crippen LogP contribution in [0.4, 0.5) is 14.5 Å². The Morgan fingerprint density at radius 1 is 1.21 bits per heavy atom. The summed E-state index contributed by atoms with van der Waals surface area (Å²) in [7, 11) is 0. The van der Waals surface area contributed by atoms with E-state index < -0.39 is 29.0 Å². The van der Waals surface area contributed by atoms with Gasteiger partial charge in [-0.2, -0.15) is 0 Å². The van der Waals surface area contributed by atoms with Crippen molar-refractivity contribution in [2.24, 2.45) is 5.73 Å². The lowest BCUT2D eigenvalue weighted by Crippen LogP contribution is -2.17. The van der Waals surface area contributed by atoms with Crippen molar-refractivity contribution < 1.29 is 18.4 Å². The average molecular weight is 282 g/mol. The SMILES string of the molecule is NC(=O)c1sccc1NC(=O)c1cc(F)ccc1F. The third-order valence-corrected chi connectivity index (χ3v) is 3.24. The molecule has 0 atom stereocenters. The van der Waals surface area contributed by atoms with Crippen molar-refractivity contribution in [3.05, 3.63) is 51.7 Å². The molecule has 2 amide bonds. The van der Waals surface area contributed by atoms with E-state index in [2.05, 4.69) is 5.32 Å². The molecular weight excluding hydrogens is 274 g/mol. The molecule has 0 saturated carbocycles. The van der Waals surface area contributed by atoms with Crippen LogP contribution >= 0.6 is 11.3 Å². The van der Waals surface area contributed by atoms with Crippen molar-refractivity contribution in [1.82, 2.24) is 0 Å². The van der Waals surface area contributed by atoms with Gasteiger partial charge in [-0.1, -0.05) is 0 Å². The number of carbonyl (C=O) groups excluding carboxylic acids is 2. The summed E-state index contributed by atoms with van der Waals surface area (Å²) in [4.78, 5) is 23.0. The first-order chi connectivity index (χ1) is 8.99. The largest absolute Gasteiger partial charge is 0.365 e. The molecule has 98 valence electrons. The second-order valence-corrected chi connectivity index (χ2v) is 4.52. The van der Waals surface area contributed by atoms with E-state index in [4.69, 9.17) is 5.73 Å². The number of benzene rings is 1. The van der Waals surface area contributed by atoms with Gasteiger partial charge in [-0.05, 0) is 29.6 Å². The predicted molar refractivity (Wildman–Crippen MR) is 67.1 cm³/mol. The smallest absolute Gasteiger partial charge is 0.260 e. The number of amides is 2. The summed E-state index contributed by atoms with van der Waals surface area (Å²) in [6.45, 7) is 0. The van der Waals surface area contributed by atoms with Crippen LogP contribution in [0.1, 0.15) is 20.0 Å². The highest BCUT2D eigenvalue weighted by atomic mass is 32.1. The molecule has 0 spiro atoms. The van der Waals surface area contributed by atoms with Crippen molar-refractivity contribution in [3.8, 4) is 0 Å². The molecule has 0 saturated heterocycles. The molecular formula is C12H8F2N2O2S. The number of nitrogens with two attached hydrogens (primary N) is 1. The summed E-state index contributed by atoms with van der Waals surface area (Å²) in [5.74, 6) is -3.13. The summed E-state index contributed by atoms with van der Waals surface area (Å²) in [6.07, 6.45) is 0. The quantitative estimate of drug-likeness (QED) is 0.907. The third-order valence-electron chi connectivity index (χ3n) is 2.31. The molecule has 0 aliphatic carbocycles. The summed E-state index contributed by atoms with van der Waals surface area (Å²) in [5.41, 5.74) is 4.84.